The highest BCUT2D eigenvalue weighted by atomic mass is 35.5. The lowest BCUT2D eigenvalue weighted by molar-refractivity contribution is 0.601. The molecule has 0 fully saturated rings. The van der Waals surface area contributed by atoms with Crippen LogP contribution in [0.4, 0.5) is 5.69 Å². The second-order valence-corrected chi connectivity index (χ2v) is 7.31. The highest BCUT2D eigenvalue weighted by molar-refractivity contribution is 7.92. The van der Waals surface area contributed by atoms with Crippen molar-refractivity contribution in [2.24, 2.45) is 7.05 Å². The molecular weight excluding hydrogens is 350 g/mol. The highest BCUT2D eigenvalue weighted by Gasteiger charge is 2.16. The van der Waals surface area contributed by atoms with Gasteiger partial charge in [0.1, 0.15) is 0 Å². The Morgan fingerprint density at radius 3 is 2.62 bits per heavy atom. The summed E-state index contributed by atoms with van der Waals surface area (Å²) in [6.07, 6.45) is 0. The van der Waals surface area contributed by atoms with Gasteiger partial charge in [0.2, 0.25) is 0 Å². The highest BCUT2D eigenvalue weighted by Crippen LogP contribution is 2.24. The van der Waals surface area contributed by atoms with Crippen molar-refractivity contribution in [1.82, 2.24) is 20.2 Å². The topological polar surface area (TPSA) is 89.8 Å². The summed E-state index contributed by atoms with van der Waals surface area (Å²) in [7, 11) is -2.03. The lowest BCUT2D eigenvalue weighted by Gasteiger charge is -2.10. The van der Waals surface area contributed by atoms with Gasteiger partial charge in [-0.1, -0.05) is 29.8 Å². The third-order valence-corrected chi connectivity index (χ3v) is 5.23. The average molecular weight is 364 g/mol. The molecule has 0 saturated carbocycles. The fraction of sp³-hybridized carbons (Fsp3) is 0.133. The summed E-state index contributed by atoms with van der Waals surface area (Å²) in [5.41, 5.74) is 1.92. The summed E-state index contributed by atoms with van der Waals surface area (Å²) >= 11 is 6.02. The van der Waals surface area contributed by atoms with E-state index in [0.29, 0.717) is 22.1 Å². The Hall–Kier alpha value is -2.45. The van der Waals surface area contributed by atoms with Crippen LogP contribution in [0.1, 0.15) is 5.56 Å². The zero-order valence-corrected chi connectivity index (χ0v) is 14.5. The first-order chi connectivity index (χ1) is 11.4. The van der Waals surface area contributed by atoms with Gasteiger partial charge in [-0.25, -0.2) is 13.1 Å². The number of aryl methyl sites for hydroxylation is 2. The molecule has 3 rings (SSSR count). The first kappa shape index (κ1) is 16.4. The largest absolute Gasteiger partial charge is 0.280 e. The summed E-state index contributed by atoms with van der Waals surface area (Å²) in [5, 5.41) is 11.7. The molecule has 1 heterocycles. The van der Waals surface area contributed by atoms with Gasteiger partial charge in [-0.05, 0) is 47.2 Å². The fourth-order valence-electron chi connectivity index (χ4n) is 2.15. The van der Waals surface area contributed by atoms with Gasteiger partial charge >= 0.3 is 0 Å². The maximum absolute atomic E-state index is 12.5. The van der Waals surface area contributed by atoms with Crippen molar-refractivity contribution in [2.45, 2.75) is 11.8 Å². The van der Waals surface area contributed by atoms with E-state index < -0.39 is 10.0 Å². The Morgan fingerprint density at radius 1 is 1.17 bits per heavy atom. The molecule has 0 aliphatic rings. The number of halogens is 1. The molecule has 9 heteroatoms. The first-order valence-electron chi connectivity index (χ1n) is 6.98. The summed E-state index contributed by atoms with van der Waals surface area (Å²) in [6.45, 7) is 1.81. The molecule has 24 heavy (non-hydrogen) atoms. The number of hydrogen-bond donors (Lipinski definition) is 1. The van der Waals surface area contributed by atoms with Crippen LogP contribution in [0.15, 0.2) is 47.4 Å². The fourth-order valence-corrected chi connectivity index (χ4v) is 3.47. The van der Waals surface area contributed by atoms with Gasteiger partial charge in [-0.3, -0.25) is 4.72 Å². The standard InChI is InChI=1S/C15H14ClN5O2S/c1-10-6-7-13(9-14(10)16)24(22,23)18-12-5-3-4-11(8-12)15-17-19-20-21(15)2/h3-9,18H,1-2H3. The van der Waals surface area contributed by atoms with Crippen LogP contribution in [-0.4, -0.2) is 28.6 Å². The third-order valence-electron chi connectivity index (χ3n) is 3.45. The van der Waals surface area contributed by atoms with Crippen molar-refractivity contribution in [1.29, 1.82) is 0 Å². The SMILES string of the molecule is Cc1ccc(S(=O)(=O)Nc2cccc(-c3nnnn3C)c2)cc1Cl. The number of tetrazole rings is 1. The Labute approximate surface area is 144 Å². The number of aromatic nitrogens is 4. The minimum atomic E-state index is -3.74. The van der Waals surface area contributed by atoms with Crippen LogP contribution in [0.5, 0.6) is 0 Å². The Kier molecular flexibility index (Phi) is 4.25. The third kappa shape index (κ3) is 3.24. The molecule has 0 atom stereocenters. The maximum Gasteiger partial charge on any atom is 0.261 e. The van der Waals surface area contributed by atoms with Gasteiger partial charge < -0.3 is 0 Å². The molecule has 0 radical (unpaired) electrons. The van der Waals surface area contributed by atoms with Gasteiger partial charge in [0.15, 0.2) is 5.82 Å². The number of hydrogen-bond acceptors (Lipinski definition) is 5. The van der Waals surface area contributed by atoms with E-state index in [9.17, 15) is 8.42 Å². The normalized spacial score (nSPS) is 11.5. The van der Waals surface area contributed by atoms with Crippen LogP contribution < -0.4 is 4.72 Å². The van der Waals surface area contributed by atoms with E-state index in [0.717, 1.165) is 5.56 Å². The van der Waals surface area contributed by atoms with E-state index in [1.165, 1.54) is 16.8 Å². The minimum absolute atomic E-state index is 0.101. The lowest BCUT2D eigenvalue weighted by Crippen LogP contribution is -2.13. The molecule has 0 spiro atoms. The van der Waals surface area contributed by atoms with E-state index in [4.69, 9.17) is 11.6 Å². The number of sulfonamides is 1. The van der Waals surface area contributed by atoms with E-state index in [2.05, 4.69) is 20.2 Å². The molecule has 0 aliphatic heterocycles. The molecule has 0 unspecified atom stereocenters. The summed E-state index contributed by atoms with van der Waals surface area (Å²) in [4.78, 5) is 0.101. The van der Waals surface area contributed by atoms with Crippen LogP contribution in [0, 0.1) is 6.92 Å². The maximum atomic E-state index is 12.5. The first-order valence-corrected chi connectivity index (χ1v) is 8.85. The van der Waals surface area contributed by atoms with Crippen molar-refractivity contribution in [3.63, 3.8) is 0 Å². The number of rotatable bonds is 4. The Morgan fingerprint density at radius 2 is 1.96 bits per heavy atom. The van der Waals surface area contributed by atoms with Crippen LogP contribution in [0.25, 0.3) is 11.4 Å². The molecule has 1 N–H and O–H groups in total. The Balaban J connectivity index is 1.93. The molecule has 0 saturated heterocycles. The van der Waals surface area contributed by atoms with E-state index in [1.54, 1.807) is 37.4 Å². The second-order valence-electron chi connectivity index (χ2n) is 5.22. The zero-order valence-electron chi connectivity index (χ0n) is 12.9. The monoisotopic (exact) mass is 363 g/mol. The summed E-state index contributed by atoms with van der Waals surface area (Å²) in [5.74, 6) is 0.537. The molecule has 2 aromatic carbocycles. The van der Waals surface area contributed by atoms with Crippen molar-refractivity contribution in [3.05, 3.63) is 53.1 Å². The molecule has 1 aromatic heterocycles. The molecule has 7 nitrogen and oxygen atoms in total. The van der Waals surface area contributed by atoms with Crippen molar-refractivity contribution in [2.75, 3.05) is 4.72 Å². The van der Waals surface area contributed by atoms with Gasteiger partial charge in [-0.2, -0.15) is 0 Å². The predicted octanol–water partition coefficient (Wildman–Crippen LogP) is 2.64. The Bertz CT molecular complexity index is 1000. The second kappa shape index (κ2) is 6.21. The number of nitrogens with one attached hydrogen (secondary N) is 1. The number of nitrogens with zero attached hydrogens (tertiary/aromatic N) is 4. The number of anilines is 1. The van der Waals surface area contributed by atoms with Crippen LogP contribution >= 0.6 is 11.6 Å². The minimum Gasteiger partial charge on any atom is -0.280 e. The van der Waals surface area contributed by atoms with Crippen molar-refractivity contribution < 1.29 is 8.42 Å². The summed E-state index contributed by atoms with van der Waals surface area (Å²) < 4.78 is 29.1. The smallest absolute Gasteiger partial charge is 0.261 e. The lowest BCUT2D eigenvalue weighted by atomic mass is 10.2. The van der Waals surface area contributed by atoms with E-state index >= 15 is 0 Å². The van der Waals surface area contributed by atoms with Gasteiger partial charge in [-0.15, -0.1) is 5.10 Å². The summed E-state index contributed by atoms with van der Waals surface area (Å²) in [6, 6.07) is 11.4. The molecule has 0 aliphatic carbocycles. The molecule has 124 valence electrons. The molecular formula is C15H14ClN5O2S. The quantitative estimate of drug-likeness (QED) is 0.769. The van der Waals surface area contributed by atoms with Crippen LogP contribution in [0.2, 0.25) is 5.02 Å². The molecule has 3 aromatic rings. The van der Waals surface area contributed by atoms with Gasteiger partial charge in [0, 0.05) is 23.3 Å². The average Bonchev–Trinajstić information content (AvgIpc) is 2.96. The van der Waals surface area contributed by atoms with Crippen molar-refractivity contribution >= 4 is 27.3 Å². The van der Waals surface area contributed by atoms with Crippen LogP contribution in [-0.2, 0) is 17.1 Å². The number of benzene rings is 2. The van der Waals surface area contributed by atoms with Gasteiger partial charge in [0.25, 0.3) is 10.0 Å². The molecule has 0 bridgehead atoms. The van der Waals surface area contributed by atoms with Gasteiger partial charge in [0.05, 0.1) is 4.90 Å². The predicted molar refractivity (Wildman–Crippen MR) is 91.2 cm³/mol. The van der Waals surface area contributed by atoms with E-state index in [1.807, 2.05) is 6.92 Å². The van der Waals surface area contributed by atoms with E-state index in [-0.39, 0.29) is 4.90 Å². The molecule has 0 amide bonds. The zero-order chi connectivity index (χ0) is 17.3. The van der Waals surface area contributed by atoms with Crippen LogP contribution in [0.3, 0.4) is 0 Å². The van der Waals surface area contributed by atoms with Crippen molar-refractivity contribution in [3.8, 4) is 11.4 Å².